The number of allylic oxidation sites excluding steroid dienone is 4. The molecule has 1 aliphatic rings. The van der Waals surface area contributed by atoms with Crippen LogP contribution in [0.3, 0.4) is 0 Å². The van der Waals surface area contributed by atoms with Crippen LogP contribution in [-0.4, -0.2) is 4.86 Å². The Labute approximate surface area is 101 Å². The molecule has 0 saturated carbocycles. The molecule has 0 fully saturated rings. The molecule has 1 aromatic rings. The average molecular weight is 230 g/mol. The van der Waals surface area contributed by atoms with Gasteiger partial charge in [-0.2, -0.15) is 0 Å². The molecule has 4 N–H and O–H groups in total. The van der Waals surface area contributed by atoms with E-state index in [1.807, 2.05) is 18.2 Å². The zero-order valence-corrected chi connectivity index (χ0v) is 9.97. The molecule has 0 amide bonds. The minimum absolute atomic E-state index is 0.676. The van der Waals surface area contributed by atoms with Crippen LogP contribution in [-0.2, 0) is 0 Å². The van der Waals surface area contributed by atoms with Gasteiger partial charge < -0.3 is 11.5 Å². The smallest absolute Gasteiger partial charge is 0.0414 e. The molecular formula is C13H14N2S. The molecule has 16 heavy (non-hydrogen) atoms. The molecule has 0 unspecified atom stereocenters. The van der Waals surface area contributed by atoms with Crippen LogP contribution in [0.15, 0.2) is 35.9 Å². The maximum absolute atomic E-state index is 5.95. The lowest BCUT2D eigenvalue weighted by atomic mass is 9.92. The molecule has 2 nitrogen and oxygen atoms in total. The molecule has 2 rings (SSSR count). The Hall–Kier alpha value is -1.61. The molecule has 1 aliphatic carbocycles. The van der Waals surface area contributed by atoms with E-state index in [9.17, 15) is 0 Å². The van der Waals surface area contributed by atoms with Gasteiger partial charge in [-0.05, 0) is 24.6 Å². The van der Waals surface area contributed by atoms with E-state index in [0.717, 1.165) is 22.4 Å². The molecule has 0 radical (unpaired) electrons. The third-order valence-electron chi connectivity index (χ3n) is 2.64. The van der Waals surface area contributed by atoms with Gasteiger partial charge in [-0.3, -0.25) is 0 Å². The van der Waals surface area contributed by atoms with Crippen molar-refractivity contribution in [1.29, 1.82) is 0 Å². The third-order valence-corrected chi connectivity index (χ3v) is 3.00. The Morgan fingerprint density at radius 3 is 2.56 bits per heavy atom. The fourth-order valence-corrected chi connectivity index (χ4v) is 2.20. The quantitative estimate of drug-likeness (QED) is 0.576. The highest BCUT2D eigenvalue weighted by molar-refractivity contribution is 7.81. The first-order valence-corrected chi connectivity index (χ1v) is 5.55. The Kier molecular flexibility index (Phi) is 2.79. The minimum atomic E-state index is 0.676. The standard InChI is InChI=1S/C13H14N2S/c1-8-2-4-11(13(16)6-8)10-5-3-9(14)7-12(10)15/h2-5,7H,6,14-15H2,1H3. The molecule has 0 aliphatic heterocycles. The molecule has 0 atom stereocenters. The van der Waals surface area contributed by atoms with Gasteiger partial charge in [-0.1, -0.05) is 36.0 Å². The molecular weight excluding hydrogens is 216 g/mol. The molecule has 82 valence electrons. The normalized spacial score (nSPS) is 15.7. The van der Waals surface area contributed by atoms with Crippen molar-refractivity contribution < 1.29 is 0 Å². The predicted octanol–water partition coefficient (Wildman–Crippen LogP) is 2.95. The summed E-state index contributed by atoms with van der Waals surface area (Å²) in [5, 5.41) is 0. The van der Waals surface area contributed by atoms with E-state index in [1.165, 1.54) is 5.57 Å². The lowest BCUT2D eigenvalue weighted by Crippen LogP contribution is -2.06. The van der Waals surface area contributed by atoms with Gasteiger partial charge in [-0.15, -0.1) is 0 Å². The Bertz CT molecular complexity index is 513. The van der Waals surface area contributed by atoms with Crippen LogP contribution in [0.4, 0.5) is 11.4 Å². The number of hydrogen-bond acceptors (Lipinski definition) is 3. The lowest BCUT2D eigenvalue weighted by molar-refractivity contribution is 1.28. The van der Waals surface area contributed by atoms with Gasteiger partial charge in [-0.25, -0.2) is 0 Å². The van der Waals surface area contributed by atoms with Crippen molar-refractivity contribution in [3.8, 4) is 0 Å². The zero-order chi connectivity index (χ0) is 11.7. The van der Waals surface area contributed by atoms with E-state index < -0.39 is 0 Å². The van der Waals surface area contributed by atoms with Crippen molar-refractivity contribution in [3.63, 3.8) is 0 Å². The molecule has 0 spiro atoms. The average Bonchev–Trinajstić information content (AvgIpc) is 2.19. The van der Waals surface area contributed by atoms with Gasteiger partial charge in [0, 0.05) is 28.2 Å². The SMILES string of the molecule is CC1=CC=C(c2ccc(N)cc2N)C(=S)C1. The largest absolute Gasteiger partial charge is 0.399 e. The van der Waals surface area contributed by atoms with E-state index in [-0.39, 0.29) is 0 Å². The number of benzene rings is 1. The summed E-state index contributed by atoms with van der Waals surface area (Å²) in [4.78, 5) is 0.941. The summed E-state index contributed by atoms with van der Waals surface area (Å²) < 4.78 is 0. The fraction of sp³-hybridized carbons (Fsp3) is 0.154. The van der Waals surface area contributed by atoms with E-state index >= 15 is 0 Å². The maximum atomic E-state index is 5.95. The van der Waals surface area contributed by atoms with E-state index in [2.05, 4.69) is 13.0 Å². The first-order chi connectivity index (χ1) is 7.58. The number of nitrogens with two attached hydrogens (primary N) is 2. The second-order valence-corrected chi connectivity index (χ2v) is 4.53. The molecule has 0 bridgehead atoms. The van der Waals surface area contributed by atoms with Gasteiger partial charge in [0.1, 0.15) is 0 Å². The van der Waals surface area contributed by atoms with Gasteiger partial charge >= 0.3 is 0 Å². The monoisotopic (exact) mass is 230 g/mol. The summed E-state index contributed by atoms with van der Waals surface area (Å²) >= 11 is 5.38. The Balaban J connectivity index is 2.49. The van der Waals surface area contributed by atoms with Crippen LogP contribution in [0.1, 0.15) is 18.9 Å². The highest BCUT2D eigenvalue weighted by Crippen LogP contribution is 2.29. The Morgan fingerprint density at radius 2 is 1.94 bits per heavy atom. The summed E-state index contributed by atoms with van der Waals surface area (Å²) in [6.07, 6.45) is 4.95. The molecule has 0 heterocycles. The fourth-order valence-electron chi connectivity index (χ4n) is 1.79. The first kappa shape index (κ1) is 10.9. The molecule has 1 aromatic carbocycles. The van der Waals surface area contributed by atoms with Gasteiger partial charge in [0.25, 0.3) is 0 Å². The predicted molar refractivity (Wildman–Crippen MR) is 74.2 cm³/mol. The highest BCUT2D eigenvalue weighted by Gasteiger charge is 2.13. The summed E-state index contributed by atoms with van der Waals surface area (Å²) in [7, 11) is 0. The van der Waals surface area contributed by atoms with Crippen molar-refractivity contribution in [3.05, 3.63) is 41.5 Å². The molecule has 0 saturated heterocycles. The van der Waals surface area contributed by atoms with Crippen LogP contribution >= 0.6 is 12.2 Å². The topological polar surface area (TPSA) is 52.0 Å². The second-order valence-electron chi connectivity index (χ2n) is 4.04. The highest BCUT2D eigenvalue weighted by atomic mass is 32.1. The summed E-state index contributed by atoms with van der Waals surface area (Å²) in [6, 6.07) is 5.54. The van der Waals surface area contributed by atoms with E-state index in [0.29, 0.717) is 11.4 Å². The minimum Gasteiger partial charge on any atom is -0.399 e. The van der Waals surface area contributed by atoms with Crippen LogP contribution in [0, 0.1) is 0 Å². The van der Waals surface area contributed by atoms with Crippen molar-refractivity contribution >= 4 is 34.0 Å². The number of nitrogen functional groups attached to an aromatic ring is 2. The van der Waals surface area contributed by atoms with E-state index in [4.69, 9.17) is 23.7 Å². The van der Waals surface area contributed by atoms with Crippen LogP contribution in [0.25, 0.3) is 5.57 Å². The Morgan fingerprint density at radius 1 is 1.19 bits per heavy atom. The van der Waals surface area contributed by atoms with E-state index in [1.54, 1.807) is 6.07 Å². The van der Waals surface area contributed by atoms with Gasteiger partial charge in [0.15, 0.2) is 0 Å². The van der Waals surface area contributed by atoms with Gasteiger partial charge in [0.05, 0.1) is 0 Å². The molecule has 0 aromatic heterocycles. The second kappa shape index (κ2) is 4.10. The number of anilines is 2. The number of thiocarbonyl (C=S) groups is 1. The molecule has 3 heteroatoms. The lowest BCUT2D eigenvalue weighted by Gasteiger charge is -2.15. The summed E-state index contributed by atoms with van der Waals surface area (Å²) in [5.41, 5.74) is 16.3. The number of hydrogen-bond donors (Lipinski definition) is 2. The van der Waals surface area contributed by atoms with Crippen molar-refractivity contribution in [2.24, 2.45) is 0 Å². The van der Waals surface area contributed by atoms with Crippen molar-refractivity contribution in [2.45, 2.75) is 13.3 Å². The van der Waals surface area contributed by atoms with Crippen molar-refractivity contribution in [1.82, 2.24) is 0 Å². The van der Waals surface area contributed by atoms with Crippen molar-refractivity contribution in [2.75, 3.05) is 11.5 Å². The number of rotatable bonds is 1. The third kappa shape index (κ3) is 1.99. The van der Waals surface area contributed by atoms with Crippen LogP contribution < -0.4 is 11.5 Å². The summed E-state index contributed by atoms with van der Waals surface area (Å²) in [5.74, 6) is 0. The van der Waals surface area contributed by atoms with Crippen LogP contribution in [0.5, 0.6) is 0 Å². The van der Waals surface area contributed by atoms with Crippen LogP contribution in [0.2, 0.25) is 0 Å². The van der Waals surface area contributed by atoms with Gasteiger partial charge in [0.2, 0.25) is 0 Å². The zero-order valence-electron chi connectivity index (χ0n) is 9.16. The maximum Gasteiger partial charge on any atom is 0.0414 e. The summed E-state index contributed by atoms with van der Waals surface area (Å²) in [6.45, 7) is 2.08. The first-order valence-electron chi connectivity index (χ1n) is 5.14.